The monoisotopic (exact) mass is 344 g/mol. The lowest BCUT2D eigenvalue weighted by molar-refractivity contribution is -0.0504. The van der Waals surface area contributed by atoms with E-state index >= 15 is 0 Å². The first-order valence-corrected chi connectivity index (χ1v) is 8.91. The summed E-state index contributed by atoms with van der Waals surface area (Å²) in [5.41, 5.74) is 1.27. The summed E-state index contributed by atoms with van der Waals surface area (Å²) in [6.07, 6.45) is 3.50. The van der Waals surface area contributed by atoms with E-state index in [4.69, 9.17) is 4.74 Å². The Bertz CT molecular complexity index is 605. The molecule has 1 aliphatic rings. The Labute approximate surface area is 149 Å². The predicted octanol–water partition coefficient (Wildman–Crippen LogP) is 1.08. The van der Waals surface area contributed by atoms with E-state index < -0.39 is 0 Å². The number of benzene rings is 1. The van der Waals surface area contributed by atoms with Crippen LogP contribution in [-0.4, -0.2) is 76.7 Å². The van der Waals surface area contributed by atoms with Gasteiger partial charge in [0.25, 0.3) is 0 Å². The number of hydrogen-bond acceptors (Lipinski definition) is 5. The molecule has 1 N–H and O–H groups in total. The van der Waals surface area contributed by atoms with Crippen LogP contribution in [0.15, 0.2) is 48.8 Å². The van der Waals surface area contributed by atoms with Crippen molar-refractivity contribution in [2.75, 3.05) is 39.8 Å². The van der Waals surface area contributed by atoms with Gasteiger partial charge >= 0.3 is 0 Å². The van der Waals surface area contributed by atoms with Gasteiger partial charge in [-0.3, -0.25) is 14.5 Å². The third-order valence-corrected chi connectivity index (χ3v) is 4.46. The molecule has 3 rings (SSSR count). The molecule has 6 nitrogen and oxygen atoms in total. The third kappa shape index (κ3) is 5.93. The van der Waals surface area contributed by atoms with Crippen LogP contribution in [0.25, 0.3) is 0 Å². The highest BCUT2D eigenvalue weighted by atomic mass is 16.5. The number of ether oxygens (including phenoxy) is 1. The number of hydrogen-bond donors (Lipinski definition) is 1. The summed E-state index contributed by atoms with van der Waals surface area (Å²) < 4.78 is 7.73. The van der Waals surface area contributed by atoms with Crippen molar-refractivity contribution in [2.45, 2.75) is 25.3 Å². The molecule has 1 aromatic heterocycles. The van der Waals surface area contributed by atoms with Crippen molar-refractivity contribution >= 4 is 0 Å². The van der Waals surface area contributed by atoms with Crippen molar-refractivity contribution in [1.82, 2.24) is 19.6 Å². The lowest BCUT2D eigenvalue weighted by Gasteiger charge is -2.34. The van der Waals surface area contributed by atoms with Gasteiger partial charge in [0.2, 0.25) is 0 Å². The fourth-order valence-corrected chi connectivity index (χ4v) is 3.35. The molecule has 25 heavy (non-hydrogen) atoms. The van der Waals surface area contributed by atoms with Crippen LogP contribution in [0.2, 0.25) is 0 Å². The molecule has 0 bridgehead atoms. The molecule has 136 valence electrons. The number of morpholine rings is 1. The molecular formula is C19H28N4O2. The maximum absolute atomic E-state index is 10.5. The molecule has 0 saturated carbocycles. The van der Waals surface area contributed by atoms with E-state index in [1.807, 2.05) is 35.1 Å². The Balaban J connectivity index is 1.41. The van der Waals surface area contributed by atoms with Crippen molar-refractivity contribution in [3.05, 3.63) is 54.4 Å². The van der Waals surface area contributed by atoms with Crippen LogP contribution in [0, 0.1) is 0 Å². The van der Waals surface area contributed by atoms with Gasteiger partial charge in [-0.1, -0.05) is 30.3 Å². The van der Waals surface area contributed by atoms with Gasteiger partial charge in [0.15, 0.2) is 0 Å². The van der Waals surface area contributed by atoms with E-state index in [0.29, 0.717) is 19.7 Å². The molecule has 0 amide bonds. The zero-order valence-electron chi connectivity index (χ0n) is 14.9. The van der Waals surface area contributed by atoms with E-state index in [0.717, 1.165) is 26.2 Å². The maximum Gasteiger partial charge on any atom is 0.0898 e. The van der Waals surface area contributed by atoms with E-state index in [1.54, 1.807) is 6.20 Å². The summed E-state index contributed by atoms with van der Waals surface area (Å²) in [4.78, 5) is 4.46. The van der Waals surface area contributed by atoms with Gasteiger partial charge in [0.1, 0.15) is 0 Å². The van der Waals surface area contributed by atoms with Gasteiger partial charge < -0.3 is 9.84 Å². The van der Waals surface area contributed by atoms with Gasteiger partial charge in [-0.15, -0.1) is 0 Å². The van der Waals surface area contributed by atoms with Gasteiger partial charge in [-0.05, 0) is 18.7 Å². The zero-order valence-corrected chi connectivity index (χ0v) is 14.9. The maximum atomic E-state index is 10.5. The average Bonchev–Trinajstić information content (AvgIpc) is 3.08. The largest absolute Gasteiger partial charge is 0.390 e. The number of nitrogens with zero attached hydrogens (tertiary/aromatic N) is 4. The molecule has 2 aromatic rings. The zero-order chi connectivity index (χ0) is 17.5. The number of likely N-dealkylation sites (N-methyl/N-ethyl adjacent to an activating group) is 1. The van der Waals surface area contributed by atoms with Crippen LogP contribution < -0.4 is 0 Å². The van der Waals surface area contributed by atoms with Crippen LogP contribution in [0.1, 0.15) is 5.56 Å². The molecule has 2 heterocycles. The Kier molecular flexibility index (Phi) is 6.58. The summed E-state index contributed by atoms with van der Waals surface area (Å²) in [5, 5.41) is 14.7. The lowest BCUT2D eigenvalue weighted by Crippen LogP contribution is -2.48. The normalized spacial score (nSPS) is 20.0. The molecular weight excluding hydrogens is 316 g/mol. The van der Waals surface area contributed by atoms with Crippen molar-refractivity contribution < 1.29 is 9.84 Å². The topological polar surface area (TPSA) is 53.8 Å². The second-order valence-electron chi connectivity index (χ2n) is 6.82. The summed E-state index contributed by atoms with van der Waals surface area (Å²) in [6.45, 7) is 5.36. The minimum atomic E-state index is -0.364. The second-order valence-corrected chi connectivity index (χ2v) is 6.82. The number of β-amino-alcohol motifs (C(OH)–C–C–N with tert-alkyl or cyclic N) is 1. The minimum absolute atomic E-state index is 0.128. The highest BCUT2D eigenvalue weighted by Crippen LogP contribution is 2.09. The molecule has 0 unspecified atom stereocenters. The highest BCUT2D eigenvalue weighted by Gasteiger charge is 2.23. The first kappa shape index (κ1) is 18.1. The van der Waals surface area contributed by atoms with Crippen LogP contribution in [0.4, 0.5) is 0 Å². The van der Waals surface area contributed by atoms with Crippen molar-refractivity contribution in [3.8, 4) is 0 Å². The molecule has 6 heteroatoms. The number of aliphatic hydroxyl groups excluding tert-OH is 1. The number of aromatic nitrogens is 2. The van der Waals surface area contributed by atoms with Crippen LogP contribution in [0.3, 0.4) is 0 Å². The highest BCUT2D eigenvalue weighted by molar-refractivity contribution is 5.14. The van der Waals surface area contributed by atoms with Crippen molar-refractivity contribution in [1.29, 1.82) is 0 Å². The van der Waals surface area contributed by atoms with Crippen molar-refractivity contribution in [3.63, 3.8) is 0 Å². The standard InChI is InChI=1S/C19H28N4O2/c1-21(12-17-6-3-2-4-7-17)13-18(24)14-22-10-11-25-19(15-22)16-23-9-5-8-20-23/h2-9,18-19,24H,10-16H2,1H3/t18-,19+/m1/s1. The molecule has 0 spiro atoms. The first-order chi connectivity index (χ1) is 12.2. The van der Waals surface area contributed by atoms with Crippen LogP contribution in [-0.2, 0) is 17.8 Å². The third-order valence-electron chi connectivity index (χ3n) is 4.46. The minimum Gasteiger partial charge on any atom is -0.390 e. The smallest absolute Gasteiger partial charge is 0.0898 e. The molecule has 1 saturated heterocycles. The van der Waals surface area contributed by atoms with Crippen LogP contribution in [0.5, 0.6) is 0 Å². The SMILES string of the molecule is CN(Cc1ccccc1)C[C@@H](O)CN1CCO[C@H](Cn2cccn2)C1. The van der Waals surface area contributed by atoms with E-state index in [-0.39, 0.29) is 12.2 Å². The molecule has 0 radical (unpaired) electrons. The summed E-state index contributed by atoms with van der Waals surface area (Å²) in [6, 6.07) is 12.3. The Morgan fingerprint density at radius 2 is 2.16 bits per heavy atom. The lowest BCUT2D eigenvalue weighted by atomic mass is 10.2. The van der Waals surface area contributed by atoms with Gasteiger partial charge in [-0.25, -0.2) is 0 Å². The van der Waals surface area contributed by atoms with Gasteiger partial charge in [-0.2, -0.15) is 5.10 Å². The Morgan fingerprint density at radius 3 is 2.92 bits per heavy atom. The predicted molar refractivity (Wildman–Crippen MR) is 97.2 cm³/mol. The van der Waals surface area contributed by atoms with Crippen LogP contribution >= 0.6 is 0 Å². The fourth-order valence-electron chi connectivity index (χ4n) is 3.35. The first-order valence-electron chi connectivity index (χ1n) is 8.91. The molecule has 1 aliphatic heterocycles. The Hall–Kier alpha value is -1.73. The average molecular weight is 344 g/mol. The summed E-state index contributed by atoms with van der Waals surface area (Å²) in [7, 11) is 2.05. The van der Waals surface area contributed by atoms with Gasteiger partial charge in [0, 0.05) is 45.1 Å². The molecule has 0 aliphatic carbocycles. The Morgan fingerprint density at radius 1 is 1.32 bits per heavy atom. The number of aliphatic hydroxyl groups is 1. The number of rotatable bonds is 8. The summed E-state index contributed by atoms with van der Waals surface area (Å²) >= 11 is 0. The second kappa shape index (κ2) is 9.10. The molecule has 1 aromatic carbocycles. The summed E-state index contributed by atoms with van der Waals surface area (Å²) in [5.74, 6) is 0. The molecule has 1 fully saturated rings. The van der Waals surface area contributed by atoms with Gasteiger partial charge in [0.05, 0.1) is 25.4 Å². The quantitative estimate of drug-likeness (QED) is 0.777. The fraction of sp³-hybridized carbons (Fsp3) is 0.526. The van der Waals surface area contributed by atoms with Crippen molar-refractivity contribution in [2.24, 2.45) is 0 Å². The molecule has 2 atom stereocenters. The van der Waals surface area contributed by atoms with E-state index in [9.17, 15) is 5.11 Å². The van der Waals surface area contributed by atoms with E-state index in [1.165, 1.54) is 5.56 Å². The van der Waals surface area contributed by atoms with E-state index in [2.05, 4.69) is 34.1 Å².